The lowest BCUT2D eigenvalue weighted by molar-refractivity contribution is -0.124. The van der Waals surface area contributed by atoms with Gasteiger partial charge in [-0.15, -0.1) is 0 Å². The molecule has 5 nitrogen and oxygen atoms in total. The first-order valence-corrected chi connectivity index (χ1v) is 13.0. The Morgan fingerprint density at radius 1 is 0.811 bits per heavy atom. The summed E-state index contributed by atoms with van der Waals surface area (Å²) in [6.07, 6.45) is 5.45. The molecule has 2 saturated carbocycles. The normalized spacial score (nSPS) is 28.8. The minimum absolute atomic E-state index is 0.132. The third kappa shape index (κ3) is 3.41. The van der Waals surface area contributed by atoms with Gasteiger partial charge in [0.1, 0.15) is 5.75 Å². The predicted molar refractivity (Wildman–Crippen MR) is 140 cm³/mol. The second kappa shape index (κ2) is 8.01. The SMILES string of the molecule is Cc1ccc(-c2ccc(OC(=O)c3cccc(N4C(=O)C5C6C=CC(C7CC67)C5C4=O)c3)c(C)c2)cc1. The summed E-state index contributed by atoms with van der Waals surface area (Å²) in [7, 11) is 0. The van der Waals surface area contributed by atoms with Crippen molar-refractivity contribution in [1.29, 1.82) is 0 Å². The van der Waals surface area contributed by atoms with E-state index in [-0.39, 0.29) is 35.5 Å². The zero-order valence-corrected chi connectivity index (χ0v) is 20.8. The van der Waals surface area contributed by atoms with E-state index in [1.165, 1.54) is 10.5 Å². The second-order valence-corrected chi connectivity index (χ2v) is 11.0. The molecule has 3 aromatic carbocycles. The summed E-state index contributed by atoms with van der Waals surface area (Å²) in [6, 6.07) is 20.7. The van der Waals surface area contributed by atoms with Crippen LogP contribution in [0.3, 0.4) is 0 Å². The van der Waals surface area contributed by atoms with Crippen molar-refractivity contribution in [1.82, 2.24) is 0 Å². The lowest BCUT2D eigenvalue weighted by atomic mass is 9.63. The molecule has 1 saturated heterocycles. The van der Waals surface area contributed by atoms with Crippen LogP contribution in [0.4, 0.5) is 5.69 Å². The molecule has 2 bridgehead atoms. The molecule has 0 radical (unpaired) electrons. The van der Waals surface area contributed by atoms with Crippen molar-refractivity contribution in [2.75, 3.05) is 4.90 Å². The first-order chi connectivity index (χ1) is 17.9. The van der Waals surface area contributed by atoms with Crippen LogP contribution >= 0.6 is 0 Å². The van der Waals surface area contributed by atoms with E-state index in [9.17, 15) is 14.4 Å². The maximum absolute atomic E-state index is 13.4. The molecule has 8 rings (SSSR count). The van der Waals surface area contributed by atoms with Crippen molar-refractivity contribution in [3.63, 3.8) is 0 Å². The predicted octanol–water partition coefficient (Wildman–Crippen LogP) is 5.75. The Hall–Kier alpha value is -3.99. The Kier molecular flexibility index (Phi) is 4.81. The monoisotopic (exact) mass is 489 g/mol. The van der Waals surface area contributed by atoms with Gasteiger partial charge in [0.2, 0.25) is 11.8 Å². The van der Waals surface area contributed by atoms with Crippen LogP contribution in [0.1, 0.15) is 27.9 Å². The number of rotatable bonds is 4. The van der Waals surface area contributed by atoms with Gasteiger partial charge in [0, 0.05) is 0 Å². The smallest absolute Gasteiger partial charge is 0.343 e. The average Bonchev–Trinajstić information content (AvgIpc) is 3.68. The number of amides is 2. The molecule has 37 heavy (non-hydrogen) atoms. The molecule has 6 atom stereocenters. The maximum Gasteiger partial charge on any atom is 0.343 e. The molecule has 5 heteroatoms. The molecular weight excluding hydrogens is 462 g/mol. The van der Waals surface area contributed by atoms with Gasteiger partial charge >= 0.3 is 5.97 Å². The summed E-state index contributed by atoms with van der Waals surface area (Å²) in [6.45, 7) is 3.96. The van der Waals surface area contributed by atoms with E-state index in [1.54, 1.807) is 30.3 Å². The van der Waals surface area contributed by atoms with Crippen molar-refractivity contribution in [3.05, 3.63) is 95.6 Å². The van der Waals surface area contributed by atoms with Crippen molar-refractivity contribution in [2.24, 2.45) is 35.5 Å². The number of carbonyl (C=O) groups is 3. The number of benzene rings is 3. The van der Waals surface area contributed by atoms with E-state index >= 15 is 0 Å². The Balaban J connectivity index is 1.12. The van der Waals surface area contributed by atoms with Gasteiger partial charge < -0.3 is 4.74 Å². The molecule has 184 valence electrons. The molecule has 0 N–H and O–H groups in total. The topological polar surface area (TPSA) is 63.7 Å². The molecule has 0 aromatic heterocycles. The molecule has 4 aliphatic carbocycles. The van der Waals surface area contributed by atoms with Crippen LogP contribution in [0.15, 0.2) is 78.9 Å². The highest BCUT2D eigenvalue weighted by Gasteiger charge is 2.67. The maximum atomic E-state index is 13.4. The number of nitrogens with zero attached hydrogens (tertiary/aromatic N) is 1. The van der Waals surface area contributed by atoms with Crippen molar-refractivity contribution in [2.45, 2.75) is 20.3 Å². The lowest BCUT2D eigenvalue weighted by Crippen LogP contribution is -2.40. The number of carbonyl (C=O) groups excluding carboxylic acids is 3. The van der Waals surface area contributed by atoms with E-state index in [4.69, 9.17) is 4.74 Å². The number of esters is 1. The summed E-state index contributed by atoms with van der Waals surface area (Å²) in [4.78, 5) is 41.3. The van der Waals surface area contributed by atoms with Gasteiger partial charge in [-0.1, -0.05) is 54.1 Å². The average molecular weight is 490 g/mol. The standard InChI is InChI=1S/C32H27NO4/c1-17-6-8-19(9-7-17)20-10-13-27(18(2)14-20)37-32(36)21-4-3-5-22(15-21)33-30(34)28-23-11-12-24(26-16-25(23)26)29(28)31(33)35/h3-15,23-26,28-29H,16H2,1-2H3. The van der Waals surface area contributed by atoms with E-state index in [0.29, 0.717) is 28.8 Å². The van der Waals surface area contributed by atoms with Crippen LogP contribution in [0.2, 0.25) is 0 Å². The molecule has 2 amide bonds. The molecule has 3 aromatic rings. The largest absolute Gasteiger partial charge is 0.423 e. The molecule has 1 heterocycles. The Morgan fingerprint density at radius 2 is 1.46 bits per heavy atom. The number of hydrogen-bond donors (Lipinski definition) is 0. The molecule has 5 aliphatic rings. The zero-order chi connectivity index (χ0) is 25.4. The van der Waals surface area contributed by atoms with Crippen LogP contribution in [-0.4, -0.2) is 17.8 Å². The zero-order valence-electron chi connectivity index (χ0n) is 20.8. The Morgan fingerprint density at radius 3 is 2.11 bits per heavy atom. The summed E-state index contributed by atoms with van der Waals surface area (Å²) < 4.78 is 5.73. The van der Waals surface area contributed by atoms with Gasteiger partial charge in [-0.25, -0.2) is 9.69 Å². The molecular formula is C32H27NO4. The summed E-state index contributed by atoms with van der Waals surface area (Å²) in [5, 5.41) is 0. The third-order valence-electron chi connectivity index (χ3n) is 8.77. The molecule has 0 spiro atoms. The van der Waals surface area contributed by atoms with Gasteiger partial charge in [-0.2, -0.15) is 0 Å². The third-order valence-corrected chi connectivity index (χ3v) is 8.77. The number of hydrogen-bond acceptors (Lipinski definition) is 4. The van der Waals surface area contributed by atoms with Crippen molar-refractivity contribution >= 4 is 23.5 Å². The Bertz CT molecular complexity index is 1470. The first kappa shape index (κ1) is 22.2. The van der Waals surface area contributed by atoms with Crippen LogP contribution < -0.4 is 9.64 Å². The number of allylic oxidation sites excluding steroid dienone is 2. The first-order valence-electron chi connectivity index (χ1n) is 13.0. The van der Waals surface area contributed by atoms with Gasteiger partial charge in [0.25, 0.3) is 0 Å². The minimum atomic E-state index is -0.521. The summed E-state index contributed by atoms with van der Waals surface area (Å²) in [5.41, 5.74) is 4.94. The van der Waals surface area contributed by atoms with Crippen molar-refractivity contribution in [3.8, 4) is 16.9 Å². The fourth-order valence-corrected chi connectivity index (χ4v) is 6.83. The van der Waals surface area contributed by atoms with E-state index in [2.05, 4.69) is 43.3 Å². The van der Waals surface area contributed by atoms with Gasteiger partial charge in [-0.3, -0.25) is 9.59 Å². The van der Waals surface area contributed by atoms with Crippen molar-refractivity contribution < 1.29 is 19.1 Å². The van der Waals surface area contributed by atoms with Crippen LogP contribution in [0.5, 0.6) is 5.75 Å². The number of anilines is 1. The fraction of sp³-hybridized carbons (Fsp3) is 0.281. The highest BCUT2D eigenvalue weighted by molar-refractivity contribution is 6.23. The van der Waals surface area contributed by atoms with Crippen LogP contribution in [0, 0.1) is 49.4 Å². The number of imide groups is 1. The quantitative estimate of drug-likeness (QED) is 0.203. The summed E-state index contributed by atoms with van der Waals surface area (Å²) in [5.74, 6) is 0.597. The molecule has 6 unspecified atom stereocenters. The highest BCUT2D eigenvalue weighted by atomic mass is 16.5. The Labute approximate surface area is 215 Å². The summed E-state index contributed by atoms with van der Waals surface area (Å²) >= 11 is 0. The molecule has 1 aliphatic heterocycles. The van der Waals surface area contributed by atoms with Gasteiger partial charge in [-0.05, 0) is 91.0 Å². The van der Waals surface area contributed by atoms with E-state index in [1.807, 2.05) is 19.1 Å². The van der Waals surface area contributed by atoms with Crippen LogP contribution in [-0.2, 0) is 9.59 Å². The van der Waals surface area contributed by atoms with E-state index < -0.39 is 5.97 Å². The fourth-order valence-electron chi connectivity index (χ4n) is 6.83. The highest BCUT2D eigenvalue weighted by Crippen LogP contribution is 2.65. The number of aryl methyl sites for hydroxylation is 2. The van der Waals surface area contributed by atoms with Crippen LogP contribution in [0.25, 0.3) is 11.1 Å². The lowest BCUT2D eigenvalue weighted by Gasteiger charge is -2.37. The number of ether oxygens (including phenoxy) is 1. The second-order valence-electron chi connectivity index (χ2n) is 11.0. The minimum Gasteiger partial charge on any atom is -0.423 e. The van der Waals surface area contributed by atoms with Gasteiger partial charge in [0.05, 0.1) is 23.1 Å². The van der Waals surface area contributed by atoms with E-state index in [0.717, 1.165) is 23.1 Å². The van der Waals surface area contributed by atoms with Gasteiger partial charge in [0.15, 0.2) is 0 Å². The molecule has 3 fully saturated rings.